The lowest BCUT2D eigenvalue weighted by Crippen LogP contribution is -2.38. The van der Waals surface area contributed by atoms with Crippen molar-refractivity contribution in [1.82, 2.24) is 9.88 Å². The number of aromatic nitrogens is 1. The maximum absolute atomic E-state index is 12.6. The summed E-state index contributed by atoms with van der Waals surface area (Å²) < 4.78 is 42.2. The molecule has 0 radical (unpaired) electrons. The topological polar surface area (TPSA) is 95.6 Å². The number of amides is 3. The molecule has 35 heavy (non-hydrogen) atoms. The Labute approximate surface area is 199 Å². The zero-order valence-electron chi connectivity index (χ0n) is 18.6. The Hall–Kier alpha value is -4.28. The van der Waals surface area contributed by atoms with Crippen molar-refractivity contribution >= 4 is 34.8 Å². The summed E-state index contributed by atoms with van der Waals surface area (Å²) in [6.07, 6.45) is -4.55. The molecule has 0 saturated heterocycles. The molecule has 0 saturated carbocycles. The number of hydrogen-bond acceptors (Lipinski definition) is 5. The normalized spacial score (nSPS) is 13.0. The van der Waals surface area contributed by atoms with E-state index in [0.29, 0.717) is 30.3 Å². The summed E-state index contributed by atoms with van der Waals surface area (Å²) in [6.45, 7) is 0.699. The van der Waals surface area contributed by atoms with Crippen LogP contribution in [0.2, 0.25) is 0 Å². The van der Waals surface area contributed by atoms with E-state index in [-0.39, 0.29) is 11.7 Å². The van der Waals surface area contributed by atoms with Crippen molar-refractivity contribution in [1.29, 1.82) is 0 Å². The van der Waals surface area contributed by atoms with Crippen LogP contribution in [0.15, 0.2) is 60.8 Å². The van der Waals surface area contributed by atoms with Crippen molar-refractivity contribution in [2.75, 3.05) is 23.1 Å². The summed E-state index contributed by atoms with van der Waals surface area (Å²) in [4.78, 5) is 30.0. The van der Waals surface area contributed by atoms with Crippen LogP contribution in [0, 0.1) is 0 Å². The van der Waals surface area contributed by atoms with Gasteiger partial charge in [-0.2, -0.15) is 13.2 Å². The van der Waals surface area contributed by atoms with Gasteiger partial charge in [0.25, 0.3) is 0 Å². The van der Waals surface area contributed by atoms with E-state index in [9.17, 15) is 22.8 Å². The van der Waals surface area contributed by atoms with Crippen LogP contribution < -0.4 is 20.7 Å². The monoisotopic (exact) mass is 485 g/mol. The van der Waals surface area contributed by atoms with E-state index in [4.69, 9.17) is 4.74 Å². The molecule has 0 aliphatic carbocycles. The lowest BCUT2D eigenvalue weighted by atomic mass is 10.1. The number of hydrogen-bond donors (Lipinski definition) is 3. The van der Waals surface area contributed by atoms with Crippen LogP contribution in [0.25, 0.3) is 0 Å². The number of urea groups is 1. The molecule has 0 atom stereocenters. The minimum absolute atomic E-state index is 0.250. The van der Waals surface area contributed by atoms with Gasteiger partial charge in [-0.1, -0.05) is 12.1 Å². The summed E-state index contributed by atoms with van der Waals surface area (Å²) in [5.74, 6) is 0.0416. The maximum atomic E-state index is 12.6. The Kier molecular flexibility index (Phi) is 6.76. The standard InChI is InChI=1S/C24H22F3N5O3/c1-35-18-8-2-15(3-9-18)13-32-14-19-20(10-11-28-22(19)31-23(32)34)29-16-4-6-17(7-5-16)30-21(33)12-24(25,26)27/h2-11H,12-14H2,1H3,(H,30,33)(H2,28,29,31,34). The van der Waals surface area contributed by atoms with Gasteiger partial charge in [0.05, 0.1) is 13.7 Å². The molecule has 3 aromatic rings. The predicted molar refractivity (Wildman–Crippen MR) is 125 cm³/mol. The van der Waals surface area contributed by atoms with E-state index >= 15 is 0 Å². The number of carbonyl (C=O) groups excluding carboxylic acids is 2. The van der Waals surface area contributed by atoms with Crippen molar-refractivity contribution in [2.45, 2.75) is 25.7 Å². The number of nitrogens with zero attached hydrogens (tertiary/aromatic N) is 2. The Bertz CT molecular complexity index is 1210. The molecule has 2 aromatic carbocycles. The van der Waals surface area contributed by atoms with Gasteiger partial charge in [0.15, 0.2) is 0 Å². The SMILES string of the molecule is COc1ccc(CN2Cc3c(Nc4ccc(NC(=O)CC(F)(F)F)cc4)ccnc3NC2=O)cc1. The highest BCUT2D eigenvalue weighted by molar-refractivity contribution is 5.93. The summed E-state index contributed by atoms with van der Waals surface area (Å²) in [7, 11) is 1.59. The van der Waals surface area contributed by atoms with E-state index in [2.05, 4.69) is 20.9 Å². The molecule has 3 amide bonds. The third kappa shape index (κ3) is 6.19. The minimum atomic E-state index is -4.57. The molecule has 1 aliphatic heterocycles. The number of halogens is 3. The van der Waals surface area contributed by atoms with Crippen LogP contribution in [0.3, 0.4) is 0 Å². The average molecular weight is 485 g/mol. The quantitative estimate of drug-likeness (QED) is 0.424. The first-order chi connectivity index (χ1) is 16.7. The van der Waals surface area contributed by atoms with E-state index < -0.39 is 18.5 Å². The first-order valence-electron chi connectivity index (χ1n) is 10.6. The number of benzene rings is 2. The number of anilines is 4. The van der Waals surface area contributed by atoms with Gasteiger partial charge >= 0.3 is 12.2 Å². The van der Waals surface area contributed by atoms with Crippen molar-refractivity contribution in [3.63, 3.8) is 0 Å². The van der Waals surface area contributed by atoms with Crippen LogP contribution >= 0.6 is 0 Å². The second kappa shape index (κ2) is 9.92. The Morgan fingerprint density at radius 1 is 1.09 bits per heavy atom. The summed E-state index contributed by atoms with van der Waals surface area (Å²) in [5.41, 5.74) is 3.32. The van der Waals surface area contributed by atoms with Gasteiger partial charge in [-0.3, -0.25) is 10.1 Å². The second-order valence-electron chi connectivity index (χ2n) is 7.86. The van der Waals surface area contributed by atoms with Crippen molar-refractivity contribution in [3.8, 4) is 5.75 Å². The molecule has 11 heteroatoms. The molecule has 0 unspecified atom stereocenters. The molecule has 8 nitrogen and oxygen atoms in total. The molecule has 4 rings (SSSR count). The van der Waals surface area contributed by atoms with E-state index in [1.165, 1.54) is 12.1 Å². The van der Waals surface area contributed by atoms with Crippen molar-refractivity contribution in [3.05, 3.63) is 71.9 Å². The number of pyridine rings is 1. The zero-order valence-corrected chi connectivity index (χ0v) is 18.6. The van der Waals surface area contributed by atoms with Crippen molar-refractivity contribution < 1.29 is 27.5 Å². The van der Waals surface area contributed by atoms with Gasteiger partial charge in [0.1, 0.15) is 18.0 Å². The van der Waals surface area contributed by atoms with Gasteiger partial charge in [-0.25, -0.2) is 9.78 Å². The molecule has 2 heterocycles. The molecule has 3 N–H and O–H groups in total. The first kappa shape index (κ1) is 23.9. The summed E-state index contributed by atoms with van der Waals surface area (Å²) in [5, 5.41) is 8.26. The number of fused-ring (bicyclic) bond motifs is 1. The summed E-state index contributed by atoms with van der Waals surface area (Å²) in [6, 6.07) is 15.2. The van der Waals surface area contributed by atoms with Gasteiger partial charge < -0.3 is 20.3 Å². The number of alkyl halides is 3. The largest absolute Gasteiger partial charge is 0.497 e. The fourth-order valence-electron chi connectivity index (χ4n) is 3.58. The first-order valence-corrected chi connectivity index (χ1v) is 10.6. The number of carbonyl (C=O) groups is 2. The average Bonchev–Trinajstić information content (AvgIpc) is 2.80. The third-order valence-corrected chi connectivity index (χ3v) is 5.26. The second-order valence-corrected chi connectivity index (χ2v) is 7.86. The molecule has 0 spiro atoms. The van der Waals surface area contributed by atoms with Crippen molar-refractivity contribution in [2.24, 2.45) is 0 Å². The highest BCUT2D eigenvalue weighted by Gasteiger charge is 2.31. The van der Waals surface area contributed by atoms with E-state index in [1.54, 1.807) is 36.4 Å². The minimum Gasteiger partial charge on any atom is -0.497 e. The lowest BCUT2D eigenvalue weighted by Gasteiger charge is -2.30. The van der Waals surface area contributed by atoms with Crippen LogP contribution in [-0.2, 0) is 17.9 Å². The van der Waals surface area contributed by atoms with Crippen LogP contribution in [-0.4, -0.2) is 35.1 Å². The highest BCUT2D eigenvalue weighted by Crippen LogP contribution is 2.31. The Morgan fingerprint density at radius 2 is 1.77 bits per heavy atom. The van der Waals surface area contributed by atoms with Crippen LogP contribution in [0.5, 0.6) is 5.75 Å². The number of ether oxygens (including phenoxy) is 1. The molecular formula is C24H22F3N5O3. The summed E-state index contributed by atoms with van der Waals surface area (Å²) >= 11 is 0. The number of methoxy groups -OCH3 is 1. The van der Waals surface area contributed by atoms with Gasteiger partial charge in [-0.05, 0) is 48.0 Å². The Balaban J connectivity index is 1.45. The maximum Gasteiger partial charge on any atom is 0.397 e. The predicted octanol–water partition coefficient (Wildman–Crippen LogP) is 5.27. The molecule has 0 bridgehead atoms. The lowest BCUT2D eigenvalue weighted by molar-refractivity contribution is -0.150. The fraction of sp³-hybridized carbons (Fsp3) is 0.208. The molecule has 0 fully saturated rings. The molecule has 182 valence electrons. The van der Waals surface area contributed by atoms with E-state index in [1.807, 2.05) is 24.3 Å². The smallest absolute Gasteiger partial charge is 0.397 e. The third-order valence-electron chi connectivity index (χ3n) is 5.26. The molecule has 1 aromatic heterocycles. The highest BCUT2D eigenvalue weighted by atomic mass is 19.4. The molecular weight excluding hydrogens is 463 g/mol. The van der Waals surface area contributed by atoms with Gasteiger partial charge in [0.2, 0.25) is 5.91 Å². The van der Waals surface area contributed by atoms with E-state index in [0.717, 1.165) is 16.9 Å². The van der Waals surface area contributed by atoms with Gasteiger partial charge in [0, 0.05) is 35.4 Å². The van der Waals surface area contributed by atoms with Crippen LogP contribution in [0.1, 0.15) is 17.5 Å². The van der Waals surface area contributed by atoms with Gasteiger partial charge in [-0.15, -0.1) is 0 Å². The van der Waals surface area contributed by atoms with Crippen LogP contribution in [0.4, 0.5) is 40.8 Å². The number of nitrogens with one attached hydrogen (secondary N) is 3. The zero-order chi connectivity index (χ0) is 25.0. The Morgan fingerprint density at radius 3 is 2.43 bits per heavy atom. The number of rotatable bonds is 7. The fourth-order valence-corrected chi connectivity index (χ4v) is 3.58. The molecule has 1 aliphatic rings.